The van der Waals surface area contributed by atoms with Crippen molar-refractivity contribution in [3.8, 4) is 22.2 Å². The first-order chi connectivity index (χ1) is 16.5. The van der Waals surface area contributed by atoms with Crippen LogP contribution in [0.15, 0.2) is 53.0 Å². The van der Waals surface area contributed by atoms with Crippen molar-refractivity contribution in [1.82, 2.24) is 19.3 Å². The molecule has 4 heterocycles. The van der Waals surface area contributed by atoms with Crippen LogP contribution in [-0.4, -0.2) is 43.6 Å². The van der Waals surface area contributed by atoms with Gasteiger partial charge in [-0.25, -0.2) is 0 Å². The quantitative estimate of drug-likeness (QED) is 0.246. The van der Waals surface area contributed by atoms with Crippen LogP contribution in [0.5, 0.6) is 11.5 Å². The van der Waals surface area contributed by atoms with Crippen molar-refractivity contribution >= 4 is 28.9 Å². The largest absolute Gasteiger partial charge is 0.486 e. The van der Waals surface area contributed by atoms with Crippen molar-refractivity contribution in [3.05, 3.63) is 64.8 Å². The normalized spacial score (nSPS) is 15.0. The van der Waals surface area contributed by atoms with Gasteiger partial charge in [0.2, 0.25) is 0 Å². The molecule has 0 fully saturated rings. The van der Waals surface area contributed by atoms with Gasteiger partial charge in [-0.15, -0.1) is 21.5 Å². The first-order valence-electron chi connectivity index (χ1n) is 11.2. The molecule has 1 atom stereocenters. The Morgan fingerprint density at radius 3 is 2.74 bits per heavy atom. The molecule has 0 N–H and O–H groups in total. The topological polar surface area (TPSA) is 71.2 Å². The first-order valence-corrected chi connectivity index (χ1v) is 13.1. The van der Waals surface area contributed by atoms with Gasteiger partial charge in [-0.3, -0.25) is 4.79 Å². The van der Waals surface area contributed by atoms with E-state index in [1.54, 1.807) is 11.3 Å². The molecule has 0 saturated heterocycles. The number of nitrogens with zero attached hydrogens (tertiary/aromatic N) is 4. The van der Waals surface area contributed by atoms with E-state index in [1.165, 1.54) is 11.8 Å². The number of carbonyl (C=O) groups excluding carboxylic acids is 1. The average molecular weight is 495 g/mol. The van der Waals surface area contributed by atoms with E-state index < -0.39 is 0 Å². The monoisotopic (exact) mass is 494 g/mol. The maximum Gasteiger partial charge on any atom is 0.191 e. The number of ether oxygens (including phenoxy) is 2. The maximum absolute atomic E-state index is 13.1. The number of aryl methyl sites for hydroxylation is 1. The second kappa shape index (κ2) is 9.68. The Balaban J connectivity index is 1.27. The molecular formula is C25H26N4O3S2. The summed E-state index contributed by atoms with van der Waals surface area (Å²) in [6.45, 7) is 7.93. The van der Waals surface area contributed by atoms with Crippen molar-refractivity contribution in [1.29, 1.82) is 0 Å². The van der Waals surface area contributed by atoms with Crippen molar-refractivity contribution in [2.24, 2.45) is 0 Å². The van der Waals surface area contributed by atoms with E-state index in [1.807, 2.05) is 61.7 Å². The molecule has 5 rings (SSSR count). The van der Waals surface area contributed by atoms with Crippen LogP contribution in [0.4, 0.5) is 0 Å². The van der Waals surface area contributed by atoms with Crippen LogP contribution in [0.25, 0.3) is 10.7 Å². The number of hydrogen-bond acceptors (Lipinski definition) is 7. The molecule has 0 amide bonds. The number of thioether (sulfide) groups is 1. The van der Waals surface area contributed by atoms with Gasteiger partial charge in [-0.1, -0.05) is 30.0 Å². The molecule has 3 aromatic heterocycles. The maximum atomic E-state index is 13.1. The summed E-state index contributed by atoms with van der Waals surface area (Å²) >= 11 is 3.07. The summed E-state index contributed by atoms with van der Waals surface area (Å²) in [5.74, 6) is 2.77. The standard InChI is InChI=1S/C25H26N4O3S2/c1-4-28-24(23-10-7-11-33-23)26-27-25(28)34-15-20(30)19-12-16(2)29(17(19)3)13-18-14-31-21-8-5-6-9-22(21)32-18/h5-12,18H,4,13-15H2,1-3H3. The summed E-state index contributed by atoms with van der Waals surface area (Å²) < 4.78 is 16.2. The van der Waals surface area contributed by atoms with Gasteiger partial charge in [-0.2, -0.15) is 0 Å². The smallest absolute Gasteiger partial charge is 0.191 e. The van der Waals surface area contributed by atoms with Crippen LogP contribution >= 0.6 is 23.1 Å². The van der Waals surface area contributed by atoms with E-state index in [-0.39, 0.29) is 11.9 Å². The summed E-state index contributed by atoms with van der Waals surface area (Å²) in [7, 11) is 0. The number of aromatic nitrogens is 4. The minimum Gasteiger partial charge on any atom is -0.486 e. The minimum atomic E-state index is -0.115. The third-order valence-corrected chi connectivity index (χ3v) is 7.77. The molecule has 0 aliphatic carbocycles. The van der Waals surface area contributed by atoms with E-state index in [2.05, 4.69) is 26.3 Å². The molecule has 1 unspecified atom stereocenters. The number of Topliss-reactive ketones (excluding diaryl/α,β-unsaturated/α-hetero) is 1. The van der Waals surface area contributed by atoms with E-state index in [4.69, 9.17) is 9.47 Å². The molecule has 1 aromatic carbocycles. The van der Waals surface area contributed by atoms with E-state index >= 15 is 0 Å². The zero-order valence-electron chi connectivity index (χ0n) is 19.4. The zero-order chi connectivity index (χ0) is 23.7. The predicted octanol–water partition coefficient (Wildman–Crippen LogP) is 5.26. The third kappa shape index (κ3) is 4.37. The number of benzene rings is 1. The fourth-order valence-electron chi connectivity index (χ4n) is 4.20. The summed E-state index contributed by atoms with van der Waals surface area (Å²) in [6.07, 6.45) is -0.115. The number of para-hydroxylation sites is 2. The highest BCUT2D eigenvalue weighted by atomic mass is 32.2. The molecule has 1 aliphatic heterocycles. The lowest BCUT2D eigenvalue weighted by molar-refractivity contribution is 0.0777. The van der Waals surface area contributed by atoms with Crippen LogP contribution in [0.2, 0.25) is 0 Å². The van der Waals surface area contributed by atoms with Crippen LogP contribution in [0.3, 0.4) is 0 Å². The van der Waals surface area contributed by atoms with Crippen LogP contribution < -0.4 is 9.47 Å². The van der Waals surface area contributed by atoms with E-state index in [0.717, 1.165) is 50.9 Å². The minimum absolute atomic E-state index is 0.0823. The highest BCUT2D eigenvalue weighted by molar-refractivity contribution is 7.99. The molecule has 1 aliphatic rings. The highest BCUT2D eigenvalue weighted by Gasteiger charge is 2.24. The Kier molecular flexibility index (Phi) is 6.47. The molecule has 0 radical (unpaired) electrons. The van der Waals surface area contributed by atoms with Crippen LogP contribution in [-0.2, 0) is 13.1 Å². The zero-order valence-corrected chi connectivity index (χ0v) is 21.0. The van der Waals surface area contributed by atoms with Gasteiger partial charge in [0.1, 0.15) is 6.61 Å². The van der Waals surface area contributed by atoms with Gasteiger partial charge in [-0.05, 0) is 50.4 Å². The number of thiophene rings is 1. The second-order valence-electron chi connectivity index (χ2n) is 8.13. The fraction of sp³-hybridized carbons (Fsp3) is 0.320. The average Bonchev–Trinajstić information content (AvgIpc) is 3.58. The van der Waals surface area contributed by atoms with Crippen LogP contribution in [0.1, 0.15) is 28.7 Å². The number of fused-ring (bicyclic) bond motifs is 1. The molecule has 0 bridgehead atoms. The lowest BCUT2D eigenvalue weighted by Gasteiger charge is -2.27. The lowest BCUT2D eigenvalue weighted by atomic mass is 10.2. The molecule has 176 valence electrons. The Hall–Kier alpha value is -3.04. The number of ketones is 1. The third-order valence-electron chi connectivity index (χ3n) is 5.93. The Bertz CT molecular complexity index is 1310. The van der Waals surface area contributed by atoms with Gasteiger partial charge in [0.25, 0.3) is 0 Å². The fourth-order valence-corrected chi connectivity index (χ4v) is 5.80. The van der Waals surface area contributed by atoms with Gasteiger partial charge >= 0.3 is 0 Å². The Morgan fingerprint density at radius 1 is 1.15 bits per heavy atom. The van der Waals surface area contributed by atoms with Gasteiger partial charge in [0.15, 0.2) is 34.4 Å². The molecular weight excluding hydrogens is 468 g/mol. The molecule has 34 heavy (non-hydrogen) atoms. The van der Waals surface area contributed by atoms with Gasteiger partial charge in [0.05, 0.1) is 17.2 Å². The predicted molar refractivity (Wildman–Crippen MR) is 134 cm³/mol. The Morgan fingerprint density at radius 2 is 1.97 bits per heavy atom. The second-order valence-corrected chi connectivity index (χ2v) is 10.0. The van der Waals surface area contributed by atoms with Crippen molar-refractivity contribution in [2.45, 2.75) is 45.1 Å². The number of hydrogen-bond donors (Lipinski definition) is 0. The molecule has 7 nitrogen and oxygen atoms in total. The highest BCUT2D eigenvalue weighted by Crippen LogP contribution is 2.32. The Labute approximate surface area is 206 Å². The van der Waals surface area contributed by atoms with Crippen LogP contribution in [0, 0.1) is 13.8 Å². The van der Waals surface area contributed by atoms with Crippen molar-refractivity contribution in [3.63, 3.8) is 0 Å². The van der Waals surface area contributed by atoms with E-state index in [9.17, 15) is 4.79 Å². The van der Waals surface area contributed by atoms with Crippen molar-refractivity contribution < 1.29 is 14.3 Å². The summed E-state index contributed by atoms with van der Waals surface area (Å²) in [5, 5.41) is 11.5. The number of carbonyl (C=O) groups is 1. The summed E-state index contributed by atoms with van der Waals surface area (Å²) in [6, 6.07) is 13.7. The first kappa shape index (κ1) is 22.7. The molecule has 0 saturated carbocycles. The number of rotatable bonds is 8. The van der Waals surface area contributed by atoms with Crippen molar-refractivity contribution in [2.75, 3.05) is 12.4 Å². The molecule has 0 spiro atoms. The molecule has 4 aromatic rings. The van der Waals surface area contributed by atoms with Gasteiger partial charge in [0, 0.05) is 23.5 Å². The summed E-state index contributed by atoms with van der Waals surface area (Å²) in [5.41, 5.74) is 2.72. The molecule has 9 heteroatoms. The lowest BCUT2D eigenvalue weighted by Crippen LogP contribution is -2.33. The van der Waals surface area contributed by atoms with Gasteiger partial charge < -0.3 is 18.6 Å². The van der Waals surface area contributed by atoms with E-state index in [0.29, 0.717) is 18.9 Å². The SMILES string of the molecule is CCn1c(SCC(=O)c2cc(C)n(CC3COc4ccccc4O3)c2C)nnc1-c1cccs1. The summed E-state index contributed by atoms with van der Waals surface area (Å²) in [4.78, 5) is 14.2.